The molecule has 6 heteroatoms. The summed E-state index contributed by atoms with van der Waals surface area (Å²) in [6, 6.07) is 12.4. The average Bonchev–Trinajstić information content (AvgIpc) is 2.50. The SMILES string of the molecule is C[C@H]([NH2+][C@@H](C)c1cccc(Cl)c1)C(=O)Nc1cc(Cl)ccc1Cl. The monoisotopic (exact) mass is 371 g/mol. The fraction of sp³-hybridized carbons (Fsp3) is 0.235. The highest BCUT2D eigenvalue weighted by Crippen LogP contribution is 2.25. The van der Waals surface area contributed by atoms with Gasteiger partial charge in [0.05, 0.1) is 10.7 Å². The average molecular weight is 373 g/mol. The lowest BCUT2D eigenvalue weighted by atomic mass is 10.1. The molecule has 0 unspecified atom stereocenters. The largest absolute Gasteiger partial charge is 0.330 e. The van der Waals surface area contributed by atoms with Crippen molar-refractivity contribution >= 4 is 46.4 Å². The topological polar surface area (TPSA) is 45.7 Å². The maximum atomic E-state index is 12.3. The third-order valence-electron chi connectivity index (χ3n) is 3.55. The van der Waals surface area contributed by atoms with Crippen LogP contribution in [0.3, 0.4) is 0 Å². The maximum absolute atomic E-state index is 12.3. The molecule has 1 amide bonds. The predicted molar refractivity (Wildman–Crippen MR) is 96.3 cm³/mol. The van der Waals surface area contributed by atoms with Gasteiger partial charge in [-0.3, -0.25) is 4.79 Å². The van der Waals surface area contributed by atoms with Gasteiger partial charge in [-0.1, -0.05) is 46.9 Å². The molecule has 0 aliphatic heterocycles. The first-order valence-electron chi connectivity index (χ1n) is 7.23. The number of quaternary nitrogens is 1. The van der Waals surface area contributed by atoms with Crippen molar-refractivity contribution in [3.05, 3.63) is 63.1 Å². The van der Waals surface area contributed by atoms with Gasteiger partial charge in [0.25, 0.3) is 5.91 Å². The Balaban J connectivity index is 2.01. The summed E-state index contributed by atoms with van der Waals surface area (Å²) < 4.78 is 0. The summed E-state index contributed by atoms with van der Waals surface area (Å²) in [5, 5.41) is 6.44. The minimum atomic E-state index is -0.293. The third-order valence-corrected chi connectivity index (χ3v) is 4.35. The highest BCUT2D eigenvalue weighted by atomic mass is 35.5. The first-order chi connectivity index (χ1) is 10.9. The Hall–Kier alpha value is -1.26. The molecule has 3 N–H and O–H groups in total. The van der Waals surface area contributed by atoms with Gasteiger partial charge in [-0.05, 0) is 44.2 Å². The van der Waals surface area contributed by atoms with Crippen molar-refractivity contribution in [2.75, 3.05) is 5.32 Å². The molecule has 122 valence electrons. The molecule has 0 aliphatic rings. The van der Waals surface area contributed by atoms with Gasteiger partial charge in [-0.2, -0.15) is 0 Å². The summed E-state index contributed by atoms with van der Waals surface area (Å²) in [5.74, 6) is -0.136. The van der Waals surface area contributed by atoms with Crippen LogP contribution in [0.25, 0.3) is 0 Å². The summed E-state index contributed by atoms with van der Waals surface area (Å²) in [5.41, 5.74) is 1.58. The van der Waals surface area contributed by atoms with Gasteiger partial charge in [0.1, 0.15) is 6.04 Å². The molecule has 0 saturated carbocycles. The minimum absolute atomic E-state index is 0.101. The van der Waals surface area contributed by atoms with Crippen LogP contribution in [-0.4, -0.2) is 11.9 Å². The summed E-state index contributed by atoms with van der Waals surface area (Å²) in [7, 11) is 0. The quantitative estimate of drug-likeness (QED) is 0.807. The molecule has 23 heavy (non-hydrogen) atoms. The summed E-state index contributed by atoms with van der Waals surface area (Å²) in [4.78, 5) is 12.3. The number of benzene rings is 2. The number of nitrogens with one attached hydrogen (secondary N) is 1. The molecule has 3 nitrogen and oxygen atoms in total. The van der Waals surface area contributed by atoms with Crippen molar-refractivity contribution in [3.63, 3.8) is 0 Å². The molecule has 0 fully saturated rings. The maximum Gasteiger partial charge on any atom is 0.282 e. The third kappa shape index (κ3) is 5.11. The fourth-order valence-corrected chi connectivity index (χ4v) is 2.80. The normalized spacial score (nSPS) is 13.4. The second-order valence-electron chi connectivity index (χ2n) is 5.44. The lowest BCUT2D eigenvalue weighted by Crippen LogP contribution is -2.91. The van der Waals surface area contributed by atoms with Crippen molar-refractivity contribution in [1.82, 2.24) is 0 Å². The van der Waals surface area contributed by atoms with E-state index in [-0.39, 0.29) is 18.0 Å². The van der Waals surface area contributed by atoms with Crippen LogP contribution in [0.4, 0.5) is 5.69 Å². The molecule has 2 atom stereocenters. The molecule has 0 aliphatic carbocycles. The molecule has 0 aromatic heterocycles. The van der Waals surface area contributed by atoms with Gasteiger partial charge in [0.2, 0.25) is 0 Å². The molecular formula is C17H18Cl3N2O+. The number of anilines is 1. The number of hydrogen-bond donors (Lipinski definition) is 2. The number of halogens is 3. The Kier molecular flexibility index (Phi) is 6.31. The predicted octanol–water partition coefficient (Wildman–Crippen LogP) is 4.30. The highest BCUT2D eigenvalue weighted by molar-refractivity contribution is 6.35. The molecule has 0 spiro atoms. The van der Waals surface area contributed by atoms with Crippen LogP contribution in [-0.2, 0) is 4.79 Å². The van der Waals surface area contributed by atoms with Gasteiger partial charge in [0.15, 0.2) is 6.04 Å². The molecule has 2 rings (SSSR count). The number of nitrogens with two attached hydrogens (primary N) is 1. The van der Waals surface area contributed by atoms with Crippen molar-refractivity contribution in [2.24, 2.45) is 0 Å². The second-order valence-corrected chi connectivity index (χ2v) is 6.72. The van der Waals surface area contributed by atoms with E-state index in [1.807, 2.05) is 43.4 Å². The van der Waals surface area contributed by atoms with Crippen LogP contribution in [0.2, 0.25) is 15.1 Å². The summed E-state index contributed by atoms with van der Waals surface area (Å²) in [6.07, 6.45) is 0. The van der Waals surface area contributed by atoms with Crippen LogP contribution in [0.15, 0.2) is 42.5 Å². The highest BCUT2D eigenvalue weighted by Gasteiger charge is 2.21. The van der Waals surface area contributed by atoms with Crippen molar-refractivity contribution < 1.29 is 10.1 Å². The molecule has 0 bridgehead atoms. The summed E-state index contributed by atoms with van der Waals surface area (Å²) in [6.45, 7) is 3.87. The van der Waals surface area contributed by atoms with Crippen molar-refractivity contribution in [2.45, 2.75) is 25.9 Å². The molecular weight excluding hydrogens is 355 g/mol. The van der Waals surface area contributed by atoms with E-state index in [2.05, 4.69) is 5.32 Å². The molecule has 0 heterocycles. The number of amides is 1. The Bertz CT molecular complexity index is 706. The van der Waals surface area contributed by atoms with E-state index in [0.29, 0.717) is 20.8 Å². The van der Waals surface area contributed by atoms with Crippen LogP contribution in [0.1, 0.15) is 25.5 Å². The van der Waals surface area contributed by atoms with Crippen LogP contribution in [0, 0.1) is 0 Å². The lowest BCUT2D eigenvalue weighted by molar-refractivity contribution is -0.709. The standard InChI is InChI=1S/C17H17Cl3N2O/c1-10(12-4-3-5-13(18)8-12)21-11(2)17(23)22-16-9-14(19)6-7-15(16)20/h3-11,21H,1-2H3,(H,22,23)/p+1/t10-,11-/m0/s1. The lowest BCUT2D eigenvalue weighted by Gasteiger charge is -2.17. The number of hydrogen-bond acceptors (Lipinski definition) is 1. The summed E-state index contributed by atoms with van der Waals surface area (Å²) >= 11 is 18.0. The Labute approximate surface area is 150 Å². The zero-order valence-corrected chi connectivity index (χ0v) is 15.1. The van der Waals surface area contributed by atoms with E-state index < -0.39 is 0 Å². The Morgan fingerprint density at radius 1 is 1.04 bits per heavy atom. The van der Waals surface area contributed by atoms with E-state index in [9.17, 15) is 4.79 Å². The van der Waals surface area contributed by atoms with Crippen LogP contribution < -0.4 is 10.6 Å². The number of carbonyl (C=O) groups excluding carboxylic acids is 1. The van der Waals surface area contributed by atoms with E-state index in [0.717, 1.165) is 5.56 Å². The van der Waals surface area contributed by atoms with Crippen molar-refractivity contribution in [3.8, 4) is 0 Å². The minimum Gasteiger partial charge on any atom is -0.330 e. The van der Waals surface area contributed by atoms with Gasteiger partial charge in [-0.15, -0.1) is 0 Å². The smallest absolute Gasteiger partial charge is 0.282 e. The molecule has 0 saturated heterocycles. The van der Waals surface area contributed by atoms with E-state index in [4.69, 9.17) is 34.8 Å². The number of rotatable bonds is 5. The first kappa shape index (κ1) is 18.1. The van der Waals surface area contributed by atoms with Crippen LogP contribution in [0.5, 0.6) is 0 Å². The zero-order valence-electron chi connectivity index (χ0n) is 12.8. The fourth-order valence-electron chi connectivity index (χ4n) is 2.26. The molecule has 0 radical (unpaired) electrons. The number of carbonyl (C=O) groups is 1. The Morgan fingerprint density at radius 3 is 2.43 bits per heavy atom. The molecule has 2 aromatic carbocycles. The van der Waals surface area contributed by atoms with Gasteiger partial charge >= 0.3 is 0 Å². The van der Waals surface area contributed by atoms with Crippen molar-refractivity contribution in [1.29, 1.82) is 0 Å². The zero-order chi connectivity index (χ0) is 17.0. The molecule has 2 aromatic rings. The van der Waals surface area contributed by atoms with Gasteiger partial charge in [0, 0.05) is 15.6 Å². The van der Waals surface area contributed by atoms with Gasteiger partial charge in [-0.25, -0.2) is 0 Å². The van der Waals surface area contributed by atoms with Crippen LogP contribution >= 0.6 is 34.8 Å². The van der Waals surface area contributed by atoms with E-state index in [1.54, 1.807) is 18.2 Å². The second kappa shape index (κ2) is 8.02. The van der Waals surface area contributed by atoms with E-state index >= 15 is 0 Å². The van der Waals surface area contributed by atoms with Gasteiger partial charge < -0.3 is 10.6 Å². The Morgan fingerprint density at radius 2 is 1.74 bits per heavy atom. The first-order valence-corrected chi connectivity index (χ1v) is 8.36. The van der Waals surface area contributed by atoms with E-state index in [1.165, 1.54) is 0 Å².